The van der Waals surface area contributed by atoms with Crippen LogP contribution in [0.2, 0.25) is 0 Å². The maximum atomic E-state index is 12.5. The lowest BCUT2D eigenvalue weighted by molar-refractivity contribution is -0.117. The van der Waals surface area contributed by atoms with Crippen LogP contribution in [0.15, 0.2) is 59.5 Å². The van der Waals surface area contributed by atoms with Crippen molar-refractivity contribution in [3.63, 3.8) is 0 Å². The van der Waals surface area contributed by atoms with E-state index in [1.807, 2.05) is 60.9 Å². The number of hydrogen-bond donors (Lipinski definition) is 1. The monoisotopic (exact) mass is 299 g/mol. The minimum Gasteiger partial charge on any atom is -0.326 e. The highest BCUT2D eigenvalue weighted by Gasteiger charge is 2.19. The van der Waals surface area contributed by atoms with Gasteiger partial charge in [0.05, 0.1) is 5.92 Å². The van der Waals surface area contributed by atoms with Crippen LogP contribution in [0.3, 0.4) is 0 Å². The molecular formula is C18H21NOS. The summed E-state index contributed by atoms with van der Waals surface area (Å²) in [7, 11) is 0. The number of amides is 1. The van der Waals surface area contributed by atoms with Gasteiger partial charge < -0.3 is 5.32 Å². The largest absolute Gasteiger partial charge is 0.326 e. The van der Waals surface area contributed by atoms with E-state index in [4.69, 9.17) is 0 Å². The van der Waals surface area contributed by atoms with Crippen LogP contribution in [-0.4, -0.2) is 12.2 Å². The first-order valence-electron chi connectivity index (χ1n) is 7.24. The summed E-state index contributed by atoms with van der Waals surface area (Å²) in [4.78, 5) is 13.7. The smallest absolute Gasteiger partial charge is 0.231 e. The fraction of sp³-hybridized carbons (Fsp3) is 0.278. The summed E-state index contributed by atoms with van der Waals surface area (Å²) in [5.41, 5.74) is 1.94. The van der Waals surface area contributed by atoms with E-state index >= 15 is 0 Å². The molecule has 0 saturated carbocycles. The third-order valence-corrected chi connectivity index (χ3v) is 4.20. The van der Waals surface area contributed by atoms with Crippen LogP contribution in [0.5, 0.6) is 0 Å². The number of anilines is 1. The van der Waals surface area contributed by atoms with Gasteiger partial charge in [0.2, 0.25) is 5.91 Å². The molecule has 21 heavy (non-hydrogen) atoms. The number of hydrogen-bond acceptors (Lipinski definition) is 2. The minimum absolute atomic E-state index is 0.0694. The van der Waals surface area contributed by atoms with Gasteiger partial charge in [-0.05, 0) is 42.5 Å². The Balaban J connectivity index is 2.11. The molecular weight excluding hydrogens is 278 g/mol. The Morgan fingerprint density at radius 1 is 1.10 bits per heavy atom. The van der Waals surface area contributed by atoms with Gasteiger partial charge in [0, 0.05) is 10.6 Å². The molecule has 110 valence electrons. The highest BCUT2D eigenvalue weighted by atomic mass is 32.2. The van der Waals surface area contributed by atoms with Crippen LogP contribution in [0.1, 0.15) is 31.2 Å². The van der Waals surface area contributed by atoms with Gasteiger partial charge in [-0.25, -0.2) is 0 Å². The average Bonchev–Trinajstić information content (AvgIpc) is 2.54. The molecule has 0 heterocycles. The lowest BCUT2D eigenvalue weighted by Gasteiger charge is -2.16. The van der Waals surface area contributed by atoms with Crippen molar-refractivity contribution in [1.29, 1.82) is 0 Å². The van der Waals surface area contributed by atoms with Crippen LogP contribution in [0.25, 0.3) is 0 Å². The highest BCUT2D eigenvalue weighted by molar-refractivity contribution is 7.98. The van der Waals surface area contributed by atoms with Gasteiger partial charge in [-0.3, -0.25) is 4.79 Å². The summed E-state index contributed by atoms with van der Waals surface area (Å²) in [6, 6.07) is 18.0. The molecule has 0 aromatic heterocycles. The van der Waals surface area contributed by atoms with Crippen molar-refractivity contribution < 1.29 is 4.79 Å². The van der Waals surface area contributed by atoms with Crippen LogP contribution in [0.4, 0.5) is 5.69 Å². The van der Waals surface area contributed by atoms with E-state index in [1.54, 1.807) is 11.8 Å². The molecule has 2 aromatic rings. The molecule has 0 fully saturated rings. The van der Waals surface area contributed by atoms with Gasteiger partial charge in [0.15, 0.2) is 0 Å². The Morgan fingerprint density at radius 3 is 2.33 bits per heavy atom. The van der Waals surface area contributed by atoms with Gasteiger partial charge in [-0.15, -0.1) is 11.8 Å². The summed E-state index contributed by atoms with van der Waals surface area (Å²) >= 11 is 1.69. The maximum Gasteiger partial charge on any atom is 0.231 e. The van der Waals surface area contributed by atoms with Gasteiger partial charge >= 0.3 is 0 Å². The fourth-order valence-electron chi connectivity index (χ4n) is 2.33. The summed E-state index contributed by atoms with van der Waals surface area (Å²) in [5.74, 6) is -0.0172. The number of thioether (sulfide) groups is 1. The SMILES string of the molecule is CCC[C@H](C(=O)Nc1ccc(SC)cc1)c1ccccc1. The molecule has 0 saturated heterocycles. The first kappa shape index (κ1) is 15.6. The lowest BCUT2D eigenvalue weighted by Crippen LogP contribution is -2.21. The second kappa shape index (κ2) is 7.89. The number of carbonyl (C=O) groups excluding carboxylic acids is 1. The Bertz CT molecular complexity index is 566. The molecule has 0 aliphatic heterocycles. The van der Waals surface area contributed by atoms with E-state index in [0.29, 0.717) is 0 Å². The molecule has 0 spiro atoms. The van der Waals surface area contributed by atoms with Crippen molar-refractivity contribution in [2.75, 3.05) is 11.6 Å². The van der Waals surface area contributed by atoms with Crippen molar-refractivity contribution in [3.8, 4) is 0 Å². The van der Waals surface area contributed by atoms with Crippen molar-refractivity contribution >= 4 is 23.4 Å². The quantitative estimate of drug-likeness (QED) is 0.766. The van der Waals surface area contributed by atoms with Crippen molar-refractivity contribution in [3.05, 3.63) is 60.2 Å². The predicted octanol–water partition coefficient (Wildman–Crippen LogP) is 4.93. The third-order valence-electron chi connectivity index (χ3n) is 3.45. The van der Waals surface area contributed by atoms with E-state index in [1.165, 1.54) is 4.90 Å². The summed E-state index contributed by atoms with van der Waals surface area (Å²) in [6.45, 7) is 2.11. The van der Waals surface area contributed by atoms with Crippen LogP contribution in [0, 0.1) is 0 Å². The number of benzene rings is 2. The highest BCUT2D eigenvalue weighted by Crippen LogP contribution is 2.24. The van der Waals surface area contributed by atoms with Crippen LogP contribution >= 0.6 is 11.8 Å². The molecule has 0 bridgehead atoms. The fourth-order valence-corrected chi connectivity index (χ4v) is 2.74. The van der Waals surface area contributed by atoms with Crippen molar-refractivity contribution in [1.82, 2.24) is 0 Å². The van der Waals surface area contributed by atoms with Gasteiger partial charge in [-0.1, -0.05) is 43.7 Å². The maximum absolute atomic E-state index is 12.5. The van der Waals surface area contributed by atoms with E-state index in [2.05, 4.69) is 12.2 Å². The molecule has 2 rings (SSSR count). The molecule has 1 amide bonds. The second-order valence-corrected chi connectivity index (χ2v) is 5.85. The van der Waals surface area contributed by atoms with Crippen molar-refractivity contribution in [2.45, 2.75) is 30.6 Å². The van der Waals surface area contributed by atoms with Crippen LogP contribution in [-0.2, 0) is 4.79 Å². The summed E-state index contributed by atoms with van der Waals surface area (Å²) in [6.07, 6.45) is 3.89. The minimum atomic E-state index is -0.0866. The second-order valence-electron chi connectivity index (χ2n) is 4.97. The zero-order chi connectivity index (χ0) is 15.1. The first-order chi connectivity index (χ1) is 10.2. The lowest BCUT2D eigenvalue weighted by atomic mass is 9.93. The average molecular weight is 299 g/mol. The normalized spacial score (nSPS) is 11.9. The molecule has 0 unspecified atom stereocenters. The predicted molar refractivity (Wildman–Crippen MR) is 90.9 cm³/mol. The number of nitrogens with one attached hydrogen (secondary N) is 1. The molecule has 3 heteroatoms. The third kappa shape index (κ3) is 4.36. The first-order valence-corrected chi connectivity index (χ1v) is 8.47. The molecule has 2 aromatic carbocycles. The van der Waals surface area contributed by atoms with Crippen LogP contribution < -0.4 is 5.32 Å². The molecule has 0 radical (unpaired) electrons. The standard InChI is InChI=1S/C18H21NOS/c1-3-7-17(14-8-5-4-6-9-14)18(20)19-15-10-12-16(21-2)13-11-15/h4-6,8-13,17H,3,7H2,1-2H3,(H,19,20)/t17-/m0/s1. The Kier molecular flexibility index (Phi) is 5.88. The molecule has 2 nitrogen and oxygen atoms in total. The molecule has 0 aliphatic rings. The zero-order valence-electron chi connectivity index (χ0n) is 12.5. The van der Waals surface area contributed by atoms with Gasteiger partial charge in [0.25, 0.3) is 0 Å². The van der Waals surface area contributed by atoms with Gasteiger partial charge in [0.1, 0.15) is 0 Å². The number of rotatable bonds is 6. The molecule has 1 N–H and O–H groups in total. The van der Waals surface area contributed by atoms with E-state index in [0.717, 1.165) is 24.1 Å². The Hall–Kier alpha value is -1.74. The van der Waals surface area contributed by atoms with E-state index in [-0.39, 0.29) is 11.8 Å². The number of carbonyl (C=O) groups is 1. The Labute approximate surface area is 131 Å². The van der Waals surface area contributed by atoms with Crippen molar-refractivity contribution in [2.24, 2.45) is 0 Å². The van der Waals surface area contributed by atoms with Gasteiger partial charge in [-0.2, -0.15) is 0 Å². The van der Waals surface area contributed by atoms with E-state index < -0.39 is 0 Å². The molecule has 1 atom stereocenters. The van der Waals surface area contributed by atoms with E-state index in [9.17, 15) is 4.79 Å². The summed E-state index contributed by atoms with van der Waals surface area (Å²) < 4.78 is 0. The summed E-state index contributed by atoms with van der Waals surface area (Å²) in [5, 5.41) is 3.03. The zero-order valence-corrected chi connectivity index (χ0v) is 13.3. The Morgan fingerprint density at radius 2 is 1.76 bits per heavy atom. The molecule has 0 aliphatic carbocycles. The topological polar surface area (TPSA) is 29.1 Å².